The first-order chi connectivity index (χ1) is 13.4. The van der Waals surface area contributed by atoms with Crippen molar-refractivity contribution in [3.05, 3.63) is 59.0 Å². The number of nitrogens with one attached hydrogen (secondary N) is 2. The SMILES string of the molecule is CCOC(=O)c1cc2cc(NC(=O)Cc3ccc(NC(C)=O)cc3)ccc2s1. The number of anilines is 2. The molecule has 3 rings (SSSR count). The van der Waals surface area contributed by atoms with Gasteiger partial charge in [0.2, 0.25) is 11.8 Å². The van der Waals surface area contributed by atoms with Gasteiger partial charge in [-0.3, -0.25) is 9.59 Å². The van der Waals surface area contributed by atoms with Crippen LogP contribution < -0.4 is 10.6 Å². The summed E-state index contributed by atoms with van der Waals surface area (Å²) in [6.45, 7) is 3.55. The van der Waals surface area contributed by atoms with Crippen molar-refractivity contribution in [3.8, 4) is 0 Å². The average molecular weight is 396 g/mol. The third-order valence-corrected chi connectivity index (χ3v) is 5.01. The zero-order valence-corrected chi connectivity index (χ0v) is 16.4. The second kappa shape index (κ2) is 8.67. The Morgan fingerprint density at radius 2 is 1.68 bits per heavy atom. The van der Waals surface area contributed by atoms with E-state index in [9.17, 15) is 14.4 Å². The summed E-state index contributed by atoms with van der Waals surface area (Å²) in [4.78, 5) is 35.8. The van der Waals surface area contributed by atoms with Gasteiger partial charge in [-0.05, 0) is 54.3 Å². The molecule has 0 saturated carbocycles. The predicted octanol–water partition coefficient (Wildman–Crippen LogP) is 4.22. The normalized spacial score (nSPS) is 10.5. The number of esters is 1. The van der Waals surface area contributed by atoms with Crippen molar-refractivity contribution in [1.29, 1.82) is 0 Å². The summed E-state index contributed by atoms with van der Waals surface area (Å²) >= 11 is 1.36. The average Bonchev–Trinajstić information content (AvgIpc) is 3.06. The quantitative estimate of drug-likeness (QED) is 0.611. The summed E-state index contributed by atoms with van der Waals surface area (Å²) in [5, 5.41) is 6.44. The molecule has 1 heterocycles. The molecule has 0 bridgehead atoms. The Bertz CT molecular complexity index is 1020. The molecule has 7 heteroatoms. The first kappa shape index (κ1) is 19.6. The molecule has 0 saturated heterocycles. The smallest absolute Gasteiger partial charge is 0.348 e. The number of carbonyl (C=O) groups is 3. The minimum Gasteiger partial charge on any atom is -0.462 e. The maximum Gasteiger partial charge on any atom is 0.348 e. The summed E-state index contributed by atoms with van der Waals surface area (Å²) < 4.78 is 5.98. The Morgan fingerprint density at radius 1 is 0.964 bits per heavy atom. The lowest BCUT2D eigenvalue weighted by molar-refractivity contribution is -0.116. The number of benzene rings is 2. The summed E-state index contributed by atoms with van der Waals surface area (Å²) in [6.07, 6.45) is 0.218. The third-order valence-electron chi connectivity index (χ3n) is 3.92. The molecule has 0 spiro atoms. The maximum atomic E-state index is 12.3. The molecule has 1 aromatic heterocycles. The zero-order chi connectivity index (χ0) is 20.1. The summed E-state index contributed by atoms with van der Waals surface area (Å²) in [5.41, 5.74) is 2.20. The lowest BCUT2D eigenvalue weighted by Crippen LogP contribution is -2.14. The Morgan fingerprint density at radius 3 is 2.36 bits per heavy atom. The van der Waals surface area contributed by atoms with Gasteiger partial charge in [0.05, 0.1) is 13.0 Å². The van der Waals surface area contributed by atoms with E-state index < -0.39 is 0 Å². The van der Waals surface area contributed by atoms with Gasteiger partial charge < -0.3 is 15.4 Å². The molecule has 0 aliphatic rings. The van der Waals surface area contributed by atoms with E-state index in [0.29, 0.717) is 22.9 Å². The molecule has 2 amide bonds. The molecule has 2 aromatic carbocycles. The lowest BCUT2D eigenvalue weighted by atomic mass is 10.1. The van der Waals surface area contributed by atoms with Gasteiger partial charge in [-0.15, -0.1) is 11.3 Å². The topological polar surface area (TPSA) is 84.5 Å². The number of hydrogen-bond donors (Lipinski definition) is 2. The number of amides is 2. The fourth-order valence-electron chi connectivity index (χ4n) is 2.72. The summed E-state index contributed by atoms with van der Waals surface area (Å²) in [5.74, 6) is -0.620. The van der Waals surface area contributed by atoms with Crippen molar-refractivity contribution in [2.45, 2.75) is 20.3 Å². The Labute approximate surface area is 166 Å². The fraction of sp³-hybridized carbons (Fsp3) is 0.190. The highest BCUT2D eigenvalue weighted by Gasteiger charge is 2.12. The van der Waals surface area contributed by atoms with E-state index in [2.05, 4.69) is 10.6 Å². The van der Waals surface area contributed by atoms with E-state index in [4.69, 9.17) is 4.74 Å². The van der Waals surface area contributed by atoms with Crippen molar-refractivity contribution in [2.75, 3.05) is 17.2 Å². The molecule has 0 aliphatic carbocycles. The lowest BCUT2D eigenvalue weighted by Gasteiger charge is -2.07. The largest absolute Gasteiger partial charge is 0.462 e. The molecule has 6 nitrogen and oxygen atoms in total. The van der Waals surface area contributed by atoms with E-state index in [1.54, 1.807) is 37.3 Å². The van der Waals surface area contributed by atoms with E-state index >= 15 is 0 Å². The van der Waals surface area contributed by atoms with Gasteiger partial charge >= 0.3 is 5.97 Å². The molecule has 0 radical (unpaired) electrons. The molecule has 0 fully saturated rings. The van der Waals surface area contributed by atoms with Gasteiger partial charge in [0, 0.05) is 23.0 Å². The van der Waals surface area contributed by atoms with Crippen LogP contribution in [0.1, 0.15) is 29.1 Å². The van der Waals surface area contributed by atoms with Crippen LogP contribution in [0.4, 0.5) is 11.4 Å². The van der Waals surface area contributed by atoms with Crippen molar-refractivity contribution < 1.29 is 19.1 Å². The Hall–Kier alpha value is -3.19. The Balaban J connectivity index is 1.65. The first-order valence-corrected chi connectivity index (χ1v) is 9.63. The molecule has 0 atom stereocenters. The third kappa shape index (κ3) is 4.95. The van der Waals surface area contributed by atoms with Crippen LogP contribution in [0.25, 0.3) is 10.1 Å². The van der Waals surface area contributed by atoms with Crippen molar-refractivity contribution in [3.63, 3.8) is 0 Å². The van der Waals surface area contributed by atoms with Crippen LogP contribution in [0.5, 0.6) is 0 Å². The van der Waals surface area contributed by atoms with Crippen molar-refractivity contribution in [2.24, 2.45) is 0 Å². The zero-order valence-electron chi connectivity index (χ0n) is 15.6. The fourth-order valence-corrected chi connectivity index (χ4v) is 3.66. The molecule has 0 aliphatic heterocycles. The van der Waals surface area contributed by atoms with Crippen LogP contribution in [0.3, 0.4) is 0 Å². The number of rotatable bonds is 6. The molecule has 28 heavy (non-hydrogen) atoms. The van der Waals surface area contributed by atoms with Crippen molar-refractivity contribution >= 4 is 50.6 Å². The minimum atomic E-state index is -0.336. The molecular formula is C21H20N2O4S. The predicted molar refractivity (Wildman–Crippen MR) is 111 cm³/mol. The van der Waals surface area contributed by atoms with Gasteiger partial charge in [-0.2, -0.15) is 0 Å². The van der Waals surface area contributed by atoms with E-state index in [0.717, 1.165) is 15.6 Å². The van der Waals surface area contributed by atoms with Crippen LogP contribution in [-0.2, 0) is 20.7 Å². The van der Waals surface area contributed by atoms with Gasteiger partial charge in [-0.25, -0.2) is 4.79 Å². The van der Waals surface area contributed by atoms with Crippen LogP contribution in [0.15, 0.2) is 48.5 Å². The second-order valence-electron chi connectivity index (χ2n) is 6.19. The number of carbonyl (C=O) groups excluding carboxylic acids is 3. The van der Waals surface area contributed by atoms with Crippen LogP contribution >= 0.6 is 11.3 Å². The van der Waals surface area contributed by atoms with Gasteiger partial charge in [0.25, 0.3) is 0 Å². The second-order valence-corrected chi connectivity index (χ2v) is 7.27. The maximum absolute atomic E-state index is 12.3. The van der Waals surface area contributed by atoms with Crippen LogP contribution in [0.2, 0.25) is 0 Å². The van der Waals surface area contributed by atoms with E-state index in [1.807, 2.05) is 18.2 Å². The number of thiophene rings is 1. The van der Waals surface area contributed by atoms with Gasteiger partial charge in [-0.1, -0.05) is 12.1 Å². The summed E-state index contributed by atoms with van der Waals surface area (Å²) in [7, 11) is 0. The van der Waals surface area contributed by atoms with Gasteiger partial charge in [0.1, 0.15) is 4.88 Å². The van der Waals surface area contributed by atoms with Crippen molar-refractivity contribution in [1.82, 2.24) is 0 Å². The molecule has 2 N–H and O–H groups in total. The minimum absolute atomic E-state index is 0.138. The van der Waals surface area contributed by atoms with Crippen LogP contribution in [-0.4, -0.2) is 24.4 Å². The highest BCUT2D eigenvalue weighted by atomic mass is 32.1. The Kier molecular flexibility index (Phi) is 6.06. The molecule has 0 unspecified atom stereocenters. The summed E-state index contributed by atoms with van der Waals surface area (Å²) in [6, 6.07) is 14.4. The highest BCUT2D eigenvalue weighted by molar-refractivity contribution is 7.20. The highest BCUT2D eigenvalue weighted by Crippen LogP contribution is 2.28. The number of hydrogen-bond acceptors (Lipinski definition) is 5. The van der Waals surface area contributed by atoms with E-state index in [-0.39, 0.29) is 24.2 Å². The number of ether oxygens (including phenoxy) is 1. The first-order valence-electron chi connectivity index (χ1n) is 8.81. The van der Waals surface area contributed by atoms with E-state index in [1.165, 1.54) is 18.3 Å². The molecule has 3 aromatic rings. The number of fused-ring (bicyclic) bond motifs is 1. The monoisotopic (exact) mass is 396 g/mol. The standard InChI is InChI=1S/C21H20N2O4S/c1-3-27-21(26)19-12-15-11-17(8-9-18(15)28-19)23-20(25)10-14-4-6-16(7-5-14)22-13(2)24/h4-9,11-12H,3,10H2,1-2H3,(H,22,24)(H,23,25). The van der Waals surface area contributed by atoms with Crippen LogP contribution in [0, 0.1) is 0 Å². The van der Waals surface area contributed by atoms with Gasteiger partial charge in [0.15, 0.2) is 0 Å². The molecular weight excluding hydrogens is 376 g/mol. The molecule has 144 valence electrons.